The molecule has 0 atom stereocenters. The van der Waals surface area contributed by atoms with E-state index in [0.717, 1.165) is 32.5 Å². The summed E-state index contributed by atoms with van der Waals surface area (Å²) in [6.45, 7) is 6.84. The van der Waals surface area contributed by atoms with E-state index < -0.39 is 0 Å². The lowest BCUT2D eigenvalue weighted by Crippen LogP contribution is -2.61. The molecule has 1 aliphatic rings. The van der Waals surface area contributed by atoms with E-state index >= 15 is 0 Å². The van der Waals surface area contributed by atoms with Gasteiger partial charge in [-0.3, -0.25) is 4.90 Å². The number of aliphatic hydroxyl groups is 1. The maximum absolute atomic E-state index is 9.81. The second-order valence-electron chi connectivity index (χ2n) is 3.71. The molecule has 12 heavy (non-hydrogen) atoms. The van der Waals surface area contributed by atoms with Crippen molar-refractivity contribution in [2.24, 2.45) is 0 Å². The Labute approximate surface area is 74.9 Å². The average Bonchev–Trinajstić information content (AvgIpc) is 1.97. The van der Waals surface area contributed by atoms with Gasteiger partial charge in [-0.2, -0.15) is 0 Å². The largest absolute Gasteiger partial charge is 0.387 e. The second-order valence-corrected chi connectivity index (χ2v) is 3.71. The van der Waals surface area contributed by atoms with Crippen LogP contribution >= 0.6 is 0 Å². The molecule has 1 aliphatic heterocycles. The zero-order chi connectivity index (χ0) is 9.03. The number of allylic oxidation sites excluding steroid dienone is 1. The van der Waals surface area contributed by atoms with Crippen LogP contribution < -0.4 is 0 Å². The fraction of sp³-hybridized carbons (Fsp3) is 0.800. The predicted octanol–water partition coefficient (Wildman–Crippen LogP) is 1.41. The molecule has 1 N–H and O–H groups in total. The molecule has 1 fully saturated rings. The van der Waals surface area contributed by atoms with Crippen LogP contribution in [-0.2, 0) is 0 Å². The van der Waals surface area contributed by atoms with Crippen LogP contribution in [0.5, 0.6) is 0 Å². The quantitative estimate of drug-likeness (QED) is 0.643. The Morgan fingerprint density at radius 1 is 1.50 bits per heavy atom. The second kappa shape index (κ2) is 4.06. The van der Waals surface area contributed by atoms with Crippen molar-refractivity contribution in [1.29, 1.82) is 0 Å². The molecule has 1 saturated heterocycles. The van der Waals surface area contributed by atoms with Crippen molar-refractivity contribution in [3.63, 3.8) is 0 Å². The summed E-state index contributed by atoms with van der Waals surface area (Å²) in [7, 11) is 0. The summed E-state index contributed by atoms with van der Waals surface area (Å²) in [5, 5.41) is 9.81. The number of likely N-dealkylation sites (tertiary alicyclic amines) is 1. The first-order valence-electron chi connectivity index (χ1n) is 4.76. The molecule has 1 heterocycles. The normalized spacial score (nSPS) is 22.9. The number of nitrogens with zero attached hydrogens (tertiary/aromatic N) is 1. The summed E-state index contributed by atoms with van der Waals surface area (Å²) in [6.07, 6.45) is 6.20. The highest BCUT2D eigenvalue weighted by Crippen LogP contribution is 2.25. The molecule has 2 nitrogen and oxygen atoms in total. The Hall–Kier alpha value is -0.340. The predicted molar refractivity (Wildman–Crippen MR) is 51.1 cm³/mol. The lowest BCUT2D eigenvalue weighted by Gasteiger charge is -2.46. The molecule has 1 rings (SSSR count). The minimum Gasteiger partial charge on any atom is -0.387 e. The summed E-state index contributed by atoms with van der Waals surface area (Å²) in [6, 6.07) is 0. The van der Waals surface area contributed by atoms with Gasteiger partial charge in [-0.1, -0.05) is 25.5 Å². The van der Waals surface area contributed by atoms with Crippen molar-refractivity contribution >= 4 is 0 Å². The van der Waals surface area contributed by atoms with Gasteiger partial charge in [0.2, 0.25) is 0 Å². The van der Waals surface area contributed by atoms with Crippen LogP contribution in [0.1, 0.15) is 26.7 Å². The van der Waals surface area contributed by atoms with Gasteiger partial charge in [0.25, 0.3) is 0 Å². The van der Waals surface area contributed by atoms with Gasteiger partial charge >= 0.3 is 0 Å². The fourth-order valence-electron chi connectivity index (χ4n) is 1.79. The lowest BCUT2D eigenvalue weighted by molar-refractivity contribution is -0.0978. The van der Waals surface area contributed by atoms with Crippen molar-refractivity contribution in [2.45, 2.75) is 32.3 Å². The average molecular weight is 169 g/mol. The highest BCUT2D eigenvalue weighted by Gasteiger charge is 2.39. The number of β-amino-alcohol motifs (C(OH)–C–C–N with tert-alkyl or cyclic N) is 1. The Morgan fingerprint density at radius 2 is 2.17 bits per heavy atom. The van der Waals surface area contributed by atoms with Gasteiger partial charge in [0.05, 0.1) is 5.60 Å². The summed E-state index contributed by atoms with van der Waals surface area (Å²) in [5.74, 6) is 0. The molecule has 2 heteroatoms. The van der Waals surface area contributed by atoms with E-state index in [1.165, 1.54) is 0 Å². The van der Waals surface area contributed by atoms with Crippen molar-refractivity contribution in [2.75, 3.05) is 19.6 Å². The van der Waals surface area contributed by atoms with E-state index in [9.17, 15) is 5.11 Å². The highest BCUT2D eigenvalue weighted by atomic mass is 16.3. The molecule has 70 valence electrons. The van der Waals surface area contributed by atoms with E-state index in [-0.39, 0.29) is 5.60 Å². The maximum Gasteiger partial charge on any atom is 0.0900 e. The van der Waals surface area contributed by atoms with Crippen LogP contribution in [0.4, 0.5) is 0 Å². The van der Waals surface area contributed by atoms with Gasteiger partial charge in [0.15, 0.2) is 0 Å². The van der Waals surface area contributed by atoms with Crippen LogP contribution in [0.25, 0.3) is 0 Å². The first-order chi connectivity index (χ1) is 5.70. The first kappa shape index (κ1) is 9.75. The summed E-state index contributed by atoms with van der Waals surface area (Å²) in [4.78, 5) is 2.26. The van der Waals surface area contributed by atoms with Crippen molar-refractivity contribution in [1.82, 2.24) is 4.90 Å². The molecule has 0 amide bonds. The van der Waals surface area contributed by atoms with Gasteiger partial charge in [0.1, 0.15) is 0 Å². The van der Waals surface area contributed by atoms with E-state index in [2.05, 4.69) is 24.0 Å². The van der Waals surface area contributed by atoms with Crippen LogP contribution in [-0.4, -0.2) is 35.2 Å². The van der Waals surface area contributed by atoms with E-state index in [4.69, 9.17) is 0 Å². The summed E-state index contributed by atoms with van der Waals surface area (Å²) < 4.78 is 0. The molecular weight excluding hydrogens is 150 g/mol. The minimum absolute atomic E-state index is 0.365. The van der Waals surface area contributed by atoms with Crippen molar-refractivity contribution in [3.8, 4) is 0 Å². The van der Waals surface area contributed by atoms with Crippen LogP contribution in [0.2, 0.25) is 0 Å². The first-order valence-corrected chi connectivity index (χ1v) is 4.76. The van der Waals surface area contributed by atoms with Crippen molar-refractivity contribution < 1.29 is 5.11 Å². The fourth-order valence-corrected chi connectivity index (χ4v) is 1.79. The van der Waals surface area contributed by atoms with Gasteiger partial charge < -0.3 is 5.11 Å². The van der Waals surface area contributed by atoms with Crippen LogP contribution in [0.15, 0.2) is 12.2 Å². The van der Waals surface area contributed by atoms with Crippen molar-refractivity contribution in [3.05, 3.63) is 12.2 Å². The van der Waals surface area contributed by atoms with Crippen LogP contribution in [0.3, 0.4) is 0 Å². The van der Waals surface area contributed by atoms with Gasteiger partial charge in [-0.25, -0.2) is 0 Å². The maximum atomic E-state index is 9.81. The number of hydrogen-bond acceptors (Lipinski definition) is 2. The van der Waals surface area contributed by atoms with Gasteiger partial charge in [-0.05, 0) is 13.3 Å². The zero-order valence-electron chi connectivity index (χ0n) is 8.08. The standard InChI is InChI=1S/C10H19NO/c1-3-5-7-11-8-10(12,9-11)6-4-2/h3,5,12H,4,6-9H2,1-2H3. The molecule has 0 aromatic rings. The van der Waals surface area contributed by atoms with Gasteiger partial charge in [0, 0.05) is 19.6 Å². The molecule has 0 bridgehead atoms. The molecule has 0 aromatic carbocycles. The third kappa shape index (κ3) is 2.32. The number of hydrogen-bond donors (Lipinski definition) is 1. The molecule has 0 radical (unpaired) electrons. The Bertz CT molecular complexity index is 159. The smallest absolute Gasteiger partial charge is 0.0900 e. The molecular formula is C10H19NO. The molecule has 0 saturated carbocycles. The molecule has 0 aliphatic carbocycles. The molecule has 0 spiro atoms. The van der Waals surface area contributed by atoms with E-state index in [0.29, 0.717) is 0 Å². The lowest BCUT2D eigenvalue weighted by atomic mass is 9.89. The Balaban J connectivity index is 2.17. The highest BCUT2D eigenvalue weighted by molar-refractivity contribution is 4.97. The molecule has 0 unspecified atom stereocenters. The number of rotatable bonds is 4. The summed E-state index contributed by atoms with van der Waals surface area (Å²) >= 11 is 0. The third-order valence-electron chi connectivity index (χ3n) is 2.35. The van der Waals surface area contributed by atoms with Crippen LogP contribution in [0, 0.1) is 0 Å². The van der Waals surface area contributed by atoms with Gasteiger partial charge in [-0.15, -0.1) is 0 Å². The SMILES string of the molecule is CC=CCN1CC(O)(CCC)C1. The minimum atomic E-state index is -0.365. The topological polar surface area (TPSA) is 23.5 Å². The Morgan fingerprint density at radius 3 is 2.67 bits per heavy atom. The summed E-state index contributed by atoms with van der Waals surface area (Å²) in [5.41, 5.74) is -0.365. The molecule has 0 aromatic heterocycles. The van der Waals surface area contributed by atoms with E-state index in [1.807, 2.05) is 6.92 Å². The Kier molecular flexibility index (Phi) is 3.29. The van der Waals surface area contributed by atoms with E-state index in [1.54, 1.807) is 0 Å². The monoisotopic (exact) mass is 169 g/mol. The third-order valence-corrected chi connectivity index (χ3v) is 2.35. The zero-order valence-corrected chi connectivity index (χ0v) is 8.08.